The second-order valence-corrected chi connectivity index (χ2v) is 6.57. The fraction of sp³-hybridized carbons (Fsp3) is 0.316. The van der Waals surface area contributed by atoms with E-state index in [0.717, 1.165) is 12.7 Å². The number of anilines is 1. The molecule has 1 N–H and O–H groups in total. The number of nitrogens with zero attached hydrogens (tertiary/aromatic N) is 3. The standard InChI is InChI=1S/C19H19FN4O/c1-19(2)8-9-24(18(13-25)23-19)17-12-21-16(11-22-17)7-6-14-4-3-5-15(20)10-14/h3-5,10-13,18,23H,8-9H2,1-2H3. The molecule has 5 nitrogen and oxygen atoms in total. The van der Waals surface area contributed by atoms with E-state index in [1.807, 2.05) is 4.90 Å². The minimum absolute atomic E-state index is 0.0914. The van der Waals surface area contributed by atoms with E-state index in [0.29, 0.717) is 23.6 Å². The normalized spacial score (nSPS) is 19.0. The topological polar surface area (TPSA) is 58.1 Å². The molecule has 1 aliphatic rings. The van der Waals surface area contributed by atoms with Crippen LogP contribution in [0.4, 0.5) is 10.2 Å². The van der Waals surface area contributed by atoms with Gasteiger partial charge in [-0.1, -0.05) is 12.0 Å². The van der Waals surface area contributed by atoms with E-state index in [9.17, 15) is 9.18 Å². The van der Waals surface area contributed by atoms with E-state index in [2.05, 4.69) is 41.0 Å². The molecule has 3 rings (SSSR count). The fourth-order valence-corrected chi connectivity index (χ4v) is 2.69. The average molecular weight is 338 g/mol. The summed E-state index contributed by atoms with van der Waals surface area (Å²) in [6.07, 6.45) is 4.50. The van der Waals surface area contributed by atoms with E-state index in [4.69, 9.17) is 0 Å². The maximum absolute atomic E-state index is 13.1. The smallest absolute Gasteiger partial charge is 0.157 e. The van der Waals surface area contributed by atoms with Crippen molar-refractivity contribution in [2.75, 3.05) is 11.4 Å². The maximum atomic E-state index is 13.1. The highest BCUT2D eigenvalue weighted by atomic mass is 19.1. The summed E-state index contributed by atoms with van der Waals surface area (Å²) in [6, 6.07) is 6.08. The summed E-state index contributed by atoms with van der Waals surface area (Å²) >= 11 is 0. The molecule has 0 aliphatic carbocycles. The predicted octanol–water partition coefficient (Wildman–Crippen LogP) is 2.12. The number of carbonyl (C=O) groups excluding carboxylic acids is 1. The SMILES string of the molecule is CC1(C)CCN(c2cnc(C#Cc3cccc(F)c3)cn2)C(C=O)N1. The summed E-state index contributed by atoms with van der Waals surface area (Å²) in [5, 5.41) is 3.28. The van der Waals surface area contributed by atoms with Gasteiger partial charge in [0, 0.05) is 17.6 Å². The molecule has 128 valence electrons. The van der Waals surface area contributed by atoms with Crippen LogP contribution in [0.3, 0.4) is 0 Å². The second kappa shape index (κ2) is 6.99. The molecule has 1 unspecified atom stereocenters. The maximum Gasteiger partial charge on any atom is 0.157 e. The third kappa shape index (κ3) is 4.20. The van der Waals surface area contributed by atoms with E-state index in [1.165, 1.54) is 12.1 Å². The van der Waals surface area contributed by atoms with Crippen molar-refractivity contribution in [3.8, 4) is 11.8 Å². The van der Waals surface area contributed by atoms with E-state index >= 15 is 0 Å². The molecule has 6 heteroatoms. The van der Waals surface area contributed by atoms with Crippen LogP contribution in [0.1, 0.15) is 31.5 Å². The van der Waals surface area contributed by atoms with Crippen molar-refractivity contribution >= 4 is 12.1 Å². The van der Waals surface area contributed by atoms with Gasteiger partial charge in [0.15, 0.2) is 6.29 Å². The first-order valence-electron chi connectivity index (χ1n) is 8.06. The van der Waals surface area contributed by atoms with Gasteiger partial charge in [0.05, 0.1) is 12.4 Å². The average Bonchev–Trinajstić information content (AvgIpc) is 2.60. The van der Waals surface area contributed by atoms with Crippen LogP contribution in [0.15, 0.2) is 36.7 Å². The minimum atomic E-state index is -0.428. The van der Waals surface area contributed by atoms with Crippen molar-refractivity contribution in [1.82, 2.24) is 15.3 Å². The molecule has 0 spiro atoms. The molecule has 1 aliphatic heterocycles. The largest absolute Gasteiger partial charge is 0.333 e. The van der Waals surface area contributed by atoms with Crippen LogP contribution >= 0.6 is 0 Å². The third-order valence-corrected chi connectivity index (χ3v) is 4.07. The van der Waals surface area contributed by atoms with Gasteiger partial charge in [-0.3, -0.25) is 10.1 Å². The molecule has 0 radical (unpaired) electrons. The number of hydrogen-bond acceptors (Lipinski definition) is 5. The number of aldehydes is 1. The van der Waals surface area contributed by atoms with Crippen molar-refractivity contribution < 1.29 is 9.18 Å². The lowest BCUT2D eigenvalue weighted by molar-refractivity contribution is -0.110. The fourth-order valence-electron chi connectivity index (χ4n) is 2.69. The Kier molecular flexibility index (Phi) is 4.77. The quantitative estimate of drug-likeness (QED) is 0.671. The molecular weight excluding hydrogens is 319 g/mol. The van der Waals surface area contributed by atoms with Gasteiger partial charge in [-0.15, -0.1) is 0 Å². The van der Waals surface area contributed by atoms with Gasteiger partial charge < -0.3 is 4.90 Å². The van der Waals surface area contributed by atoms with Crippen LogP contribution in [0.2, 0.25) is 0 Å². The van der Waals surface area contributed by atoms with Gasteiger partial charge in [0.1, 0.15) is 23.5 Å². The Morgan fingerprint density at radius 1 is 1.32 bits per heavy atom. The molecule has 1 saturated heterocycles. The second-order valence-electron chi connectivity index (χ2n) is 6.57. The molecule has 1 aromatic heterocycles. The van der Waals surface area contributed by atoms with Crippen LogP contribution < -0.4 is 10.2 Å². The van der Waals surface area contributed by atoms with Crippen molar-refractivity contribution in [3.63, 3.8) is 0 Å². The number of hydrogen-bond donors (Lipinski definition) is 1. The molecule has 1 atom stereocenters. The molecular formula is C19H19FN4O. The van der Waals surface area contributed by atoms with Crippen LogP contribution in [0.25, 0.3) is 0 Å². The van der Waals surface area contributed by atoms with Gasteiger partial charge in [0.25, 0.3) is 0 Å². The van der Waals surface area contributed by atoms with Gasteiger partial charge in [0.2, 0.25) is 0 Å². The Labute approximate surface area is 146 Å². The monoisotopic (exact) mass is 338 g/mol. The zero-order valence-electron chi connectivity index (χ0n) is 14.2. The highest BCUT2D eigenvalue weighted by Gasteiger charge is 2.32. The predicted molar refractivity (Wildman–Crippen MR) is 93.4 cm³/mol. The number of halogens is 1. The Morgan fingerprint density at radius 2 is 2.16 bits per heavy atom. The van der Waals surface area contributed by atoms with Gasteiger partial charge >= 0.3 is 0 Å². The van der Waals surface area contributed by atoms with Crippen molar-refractivity contribution in [1.29, 1.82) is 0 Å². The van der Waals surface area contributed by atoms with Crippen molar-refractivity contribution in [2.24, 2.45) is 0 Å². The van der Waals surface area contributed by atoms with Crippen LogP contribution in [0.5, 0.6) is 0 Å². The summed E-state index contributed by atoms with van der Waals surface area (Å²) in [6.45, 7) is 4.85. The number of benzene rings is 1. The van der Waals surface area contributed by atoms with Gasteiger partial charge in [-0.2, -0.15) is 0 Å². The zero-order chi connectivity index (χ0) is 17.9. The number of carbonyl (C=O) groups is 1. The highest BCUT2D eigenvalue weighted by Crippen LogP contribution is 2.22. The van der Waals surface area contributed by atoms with E-state index < -0.39 is 6.17 Å². The molecule has 2 aromatic rings. The molecule has 1 fully saturated rings. The minimum Gasteiger partial charge on any atom is -0.333 e. The molecule has 0 amide bonds. The van der Waals surface area contributed by atoms with Crippen LogP contribution in [-0.2, 0) is 4.79 Å². The number of rotatable bonds is 2. The Morgan fingerprint density at radius 3 is 2.84 bits per heavy atom. The summed E-state index contributed by atoms with van der Waals surface area (Å²) < 4.78 is 13.1. The van der Waals surface area contributed by atoms with Gasteiger partial charge in [-0.05, 0) is 44.4 Å². The molecule has 2 heterocycles. The Bertz CT molecular complexity index is 823. The van der Waals surface area contributed by atoms with E-state index in [1.54, 1.807) is 24.5 Å². The number of aromatic nitrogens is 2. The lowest BCUT2D eigenvalue weighted by Crippen LogP contribution is -2.61. The Balaban J connectivity index is 1.75. The van der Waals surface area contributed by atoms with Crippen molar-refractivity contribution in [3.05, 3.63) is 53.7 Å². The van der Waals surface area contributed by atoms with E-state index in [-0.39, 0.29) is 11.4 Å². The third-order valence-electron chi connectivity index (χ3n) is 4.07. The summed E-state index contributed by atoms with van der Waals surface area (Å²) in [7, 11) is 0. The van der Waals surface area contributed by atoms with Crippen LogP contribution in [0, 0.1) is 17.7 Å². The molecule has 0 saturated carbocycles. The first kappa shape index (κ1) is 17.1. The van der Waals surface area contributed by atoms with Crippen LogP contribution in [-0.4, -0.2) is 34.5 Å². The van der Waals surface area contributed by atoms with Crippen molar-refractivity contribution in [2.45, 2.75) is 32.0 Å². The Hall–Kier alpha value is -2.78. The lowest BCUT2D eigenvalue weighted by atomic mass is 9.97. The lowest BCUT2D eigenvalue weighted by Gasteiger charge is -2.42. The number of nitrogens with one attached hydrogen (secondary N) is 1. The molecule has 0 bridgehead atoms. The first-order chi connectivity index (χ1) is 12.0. The molecule has 25 heavy (non-hydrogen) atoms. The molecule has 1 aromatic carbocycles. The first-order valence-corrected chi connectivity index (χ1v) is 8.06. The zero-order valence-corrected chi connectivity index (χ0v) is 14.2. The summed E-state index contributed by atoms with van der Waals surface area (Å²) in [5.41, 5.74) is 0.974. The highest BCUT2D eigenvalue weighted by molar-refractivity contribution is 5.64. The van der Waals surface area contributed by atoms with Gasteiger partial charge in [-0.25, -0.2) is 14.4 Å². The summed E-state index contributed by atoms with van der Waals surface area (Å²) in [5.74, 6) is 6.02. The summed E-state index contributed by atoms with van der Waals surface area (Å²) in [4.78, 5) is 21.9.